The average Bonchev–Trinajstić information content (AvgIpc) is 2.89. The molecule has 3 heterocycles. The van der Waals surface area contributed by atoms with Crippen molar-refractivity contribution in [1.29, 1.82) is 0 Å². The van der Waals surface area contributed by atoms with E-state index in [-0.39, 0.29) is 0 Å². The minimum atomic E-state index is 0.755. The molecule has 0 spiro atoms. The summed E-state index contributed by atoms with van der Waals surface area (Å²) in [4.78, 5) is 7.35. The van der Waals surface area contributed by atoms with Crippen molar-refractivity contribution >= 4 is 11.3 Å². The molecule has 1 N–H and O–H groups in total. The Bertz CT molecular complexity index is 403. The SMILES string of the molecule is CCCNC1CC2CCC(C1)N2Cc1csc(C)n1. The first kappa shape index (κ1) is 13.5. The molecule has 2 saturated heterocycles. The molecule has 4 heteroatoms. The van der Waals surface area contributed by atoms with Gasteiger partial charge in [-0.05, 0) is 45.6 Å². The number of aromatic nitrogens is 1. The molecule has 2 atom stereocenters. The Morgan fingerprint density at radius 3 is 2.68 bits per heavy atom. The summed E-state index contributed by atoms with van der Waals surface area (Å²) < 4.78 is 0. The summed E-state index contributed by atoms with van der Waals surface area (Å²) in [5.41, 5.74) is 1.28. The third-order valence-electron chi connectivity index (χ3n) is 4.58. The number of piperidine rings is 1. The Balaban J connectivity index is 1.60. The van der Waals surface area contributed by atoms with Gasteiger partial charge in [-0.25, -0.2) is 4.98 Å². The number of rotatable bonds is 5. The van der Waals surface area contributed by atoms with Crippen LogP contribution in [0.2, 0.25) is 0 Å². The first-order chi connectivity index (χ1) is 9.26. The molecule has 0 radical (unpaired) electrons. The number of hydrogen-bond acceptors (Lipinski definition) is 4. The summed E-state index contributed by atoms with van der Waals surface area (Å²) in [6.45, 7) is 6.60. The van der Waals surface area contributed by atoms with Crippen LogP contribution in [0.1, 0.15) is 49.7 Å². The topological polar surface area (TPSA) is 28.2 Å². The van der Waals surface area contributed by atoms with Gasteiger partial charge in [-0.3, -0.25) is 4.90 Å². The molecule has 0 saturated carbocycles. The van der Waals surface area contributed by atoms with E-state index in [1.165, 1.54) is 49.4 Å². The van der Waals surface area contributed by atoms with E-state index in [9.17, 15) is 0 Å². The van der Waals surface area contributed by atoms with Gasteiger partial charge in [0.05, 0.1) is 10.7 Å². The van der Waals surface area contributed by atoms with Gasteiger partial charge in [0.2, 0.25) is 0 Å². The van der Waals surface area contributed by atoms with Crippen LogP contribution in [0, 0.1) is 6.92 Å². The van der Waals surface area contributed by atoms with E-state index in [1.807, 2.05) is 0 Å². The highest BCUT2D eigenvalue weighted by Gasteiger charge is 2.40. The molecular weight excluding hydrogens is 254 g/mol. The van der Waals surface area contributed by atoms with Crippen LogP contribution in [0.15, 0.2) is 5.38 Å². The van der Waals surface area contributed by atoms with Gasteiger partial charge in [0.25, 0.3) is 0 Å². The lowest BCUT2D eigenvalue weighted by atomic mass is 9.97. The van der Waals surface area contributed by atoms with Crippen LogP contribution in [0.3, 0.4) is 0 Å². The molecule has 1 aromatic heterocycles. The zero-order valence-corrected chi connectivity index (χ0v) is 12.9. The number of nitrogens with one attached hydrogen (secondary N) is 1. The Morgan fingerprint density at radius 2 is 2.11 bits per heavy atom. The second-order valence-corrected chi connectivity index (χ2v) is 7.10. The lowest BCUT2D eigenvalue weighted by Crippen LogP contribution is -2.48. The van der Waals surface area contributed by atoms with Crippen molar-refractivity contribution in [2.45, 2.75) is 70.6 Å². The van der Waals surface area contributed by atoms with Crippen molar-refractivity contribution < 1.29 is 0 Å². The molecular formula is C15H25N3S. The third-order valence-corrected chi connectivity index (χ3v) is 5.40. The summed E-state index contributed by atoms with van der Waals surface area (Å²) >= 11 is 1.78. The predicted molar refractivity (Wildman–Crippen MR) is 80.5 cm³/mol. The van der Waals surface area contributed by atoms with Crippen LogP contribution < -0.4 is 5.32 Å². The Hall–Kier alpha value is -0.450. The highest BCUT2D eigenvalue weighted by Crippen LogP contribution is 2.36. The molecule has 2 unspecified atom stereocenters. The maximum absolute atomic E-state index is 4.63. The van der Waals surface area contributed by atoms with Crippen LogP contribution in [0.25, 0.3) is 0 Å². The van der Waals surface area contributed by atoms with E-state index in [0.717, 1.165) is 24.7 Å². The highest BCUT2D eigenvalue weighted by atomic mass is 32.1. The fourth-order valence-electron chi connectivity index (χ4n) is 3.72. The molecule has 0 amide bonds. The molecule has 0 aromatic carbocycles. The maximum Gasteiger partial charge on any atom is 0.0897 e. The summed E-state index contributed by atoms with van der Waals surface area (Å²) in [7, 11) is 0. The third kappa shape index (κ3) is 3.01. The van der Waals surface area contributed by atoms with Crippen LogP contribution in [-0.4, -0.2) is 34.6 Å². The first-order valence-corrected chi connectivity index (χ1v) is 8.54. The van der Waals surface area contributed by atoms with Gasteiger partial charge in [0.1, 0.15) is 0 Å². The van der Waals surface area contributed by atoms with Gasteiger partial charge in [-0.1, -0.05) is 6.92 Å². The molecule has 3 rings (SSSR count). The summed E-state index contributed by atoms with van der Waals surface area (Å²) in [5, 5.41) is 7.15. The van der Waals surface area contributed by atoms with E-state index >= 15 is 0 Å². The van der Waals surface area contributed by atoms with E-state index in [0.29, 0.717) is 0 Å². The average molecular weight is 279 g/mol. The van der Waals surface area contributed by atoms with Gasteiger partial charge in [-0.2, -0.15) is 0 Å². The molecule has 19 heavy (non-hydrogen) atoms. The highest BCUT2D eigenvalue weighted by molar-refractivity contribution is 7.09. The van der Waals surface area contributed by atoms with Crippen LogP contribution in [-0.2, 0) is 6.54 Å². The Labute approximate surface area is 120 Å². The smallest absolute Gasteiger partial charge is 0.0897 e. The van der Waals surface area contributed by atoms with Crippen molar-refractivity contribution in [3.8, 4) is 0 Å². The monoisotopic (exact) mass is 279 g/mol. The van der Waals surface area contributed by atoms with Gasteiger partial charge in [0.15, 0.2) is 0 Å². The molecule has 0 aliphatic carbocycles. The molecule has 2 fully saturated rings. The molecule has 106 valence electrons. The van der Waals surface area contributed by atoms with E-state index < -0.39 is 0 Å². The Kier molecular flexibility index (Phi) is 4.20. The van der Waals surface area contributed by atoms with Crippen molar-refractivity contribution in [3.63, 3.8) is 0 Å². The van der Waals surface area contributed by atoms with E-state index in [1.54, 1.807) is 11.3 Å². The van der Waals surface area contributed by atoms with Gasteiger partial charge in [-0.15, -0.1) is 11.3 Å². The van der Waals surface area contributed by atoms with Gasteiger partial charge >= 0.3 is 0 Å². The standard InChI is InChI=1S/C15H25N3S/c1-3-6-16-12-7-14-4-5-15(8-12)18(14)9-13-10-19-11(2)17-13/h10,12,14-16H,3-9H2,1-2H3. The number of nitrogens with zero attached hydrogens (tertiary/aromatic N) is 2. The normalized spacial score (nSPS) is 30.9. The minimum Gasteiger partial charge on any atom is -0.314 e. The minimum absolute atomic E-state index is 0.755. The quantitative estimate of drug-likeness (QED) is 0.898. The fraction of sp³-hybridized carbons (Fsp3) is 0.800. The molecule has 2 aliphatic heterocycles. The second kappa shape index (κ2) is 5.90. The number of fused-ring (bicyclic) bond motifs is 2. The number of aryl methyl sites for hydroxylation is 1. The predicted octanol–water partition coefficient (Wildman–Crippen LogP) is 2.95. The molecule has 1 aromatic rings. The lowest BCUT2D eigenvalue weighted by Gasteiger charge is -2.39. The number of thiazole rings is 1. The first-order valence-electron chi connectivity index (χ1n) is 7.66. The van der Waals surface area contributed by atoms with Gasteiger partial charge in [0, 0.05) is 30.1 Å². The second-order valence-electron chi connectivity index (χ2n) is 6.04. The lowest BCUT2D eigenvalue weighted by molar-refractivity contribution is 0.108. The van der Waals surface area contributed by atoms with Crippen LogP contribution in [0.5, 0.6) is 0 Å². The van der Waals surface area contributed by atoms with Gasteiger partial charge < -0.3 is 5.32 Å². The summed E-state index contributed by atoms with van der Waals surface area (Å²) in [6.07, 6.45) is 6.68. The Morgan fingerprint density at radius 1 is 1.37 bits per heavy atom. The fourth-order valence-corrected chi connectivity index (χ4v) is 4.32. The van der Waals surface area contributed by atoms with Crippen molar-refractivity contribution in [3.05, 3.63) is 16.1 Å². The molecule has 3 nitrogen and oxygen atoms in total. The summed E-state index contributed by atoms with van der Waals surface area (Å²) in [5.74, 6) is 0. The van der Waals surface area contributed by atoms with Crippen molar-refractivity contribution in [1.82, 2.24) is 15.2 Å². The van der Waals surface area contributed by atoms with Crippen molar-refractivity contribution in [2.24, 2.45) is 0 Å². The zero-order valence-electron chi connectivity index (χ0n) is 12.1. The summed E-state index contributed by atoms with van der Waals surface area (Å²) in [6, 6.07) is 2.33. The van der Waals surface area contributed by atoms with E-state index in [2.05, 4.69) is 34.4 Å². The zero-order chi connectivity index (χ0) is 13.2. The molecule has 2 aliphatic rings. The maximum atomic E-state index is 4.63. The largest absolute Gasteiger partial charge is 0.314 e. The molecule has 2 bridgehead atoms. The van der Waals surface area contributed by atoms with E-state index in [4.69, 9.17) is 0 Å². The number of hydrogen-bond donors (Lipinski definition) is 1. The van der Waals surface area contributed by atoms with Crippen molar-refractivity contribution in [2.75, 3.05) is 6.54 Å². The van der Waals surface area contributed by atoms with Crippen LogP contribution in [0.4, 0.5) is 0 Å². The van der Waals surface area contributed by atoms with Crippen LogP contribution >= 0.6 is 11.3 Å².